The van der Waals surface area contributed by atoms with E-state index in [-0.39, 0.29) is 17.5 Å². The van der Waals surface area contributed by atoms with Gasteiger partial charge in [0.25, 0.3) is 0 Å². The molecule has 0 bridgehead atoms. The second kappa shape index (κ2) is 4.57. The Morgan fingerprint density at radius 1 is 1.32 bits per heavy atom. The van der Waals surface area contributed by atoms with Gasteiger partial charge in [-0.1, -0.05) is 24.5 Å². The third kappa shape index (κ3) is 2.16. The lowest BCUT2D eigenvalue weighted by Crippen LogP contribution is -2.41. The van der Waals surface area contributed by atoms with E-state index in [0.29, 0.717) is 12.0 Å². The Hall–Kier alpha value is -0.380. The highest BCUT2D eigenvalue weighted by Gasteiger charge is 2.72. The van der Waals surface area contributed by atoms with Gasteiger partial charge in [-0.2, -0.15) is 0 Å². The van der Waals surface area contributed by atoms with Gasteiger partial charge in [-0.25, -0.2) is 0 Å². The predicted molar refractivity (Wildman–Crippen MR) is 73.9 cm³/mol. The molecule has 2 aliphatic heterocycles. The Balaban J connectivity index is 1.70. The summed E-state index contributed by atoms with van der Waals surface area (Å²) < 4.78 is 17.5. The van der Waals surface area contributed by atoms with E-state index in [0.717, 1.165) is 12.8 Å². The molecule has 0 aromatic heterocycles. The Bertz CT molecular complexity index is 387. The van der Waals surface area contributed by atoms with Gasteiger partial charge in [-0.15, -0.1) is 0 Å². The van der Waals surface area contributed by atoms with Crippen LogP contribution in [0.5, 0.6) is 0 Å². The third-order valence-electron chi connectivity index (χ3n) is 5.19. The molecule has 3 rings (SSSR count). The van der Waals surface area contributed by atoms with Gasteiger partial charge in [0, 0.05) is 13.0 Å². The molecule has 0 aromatic carbocycles. The quantitative estimate of drug-likeness (QED) is 0.577. The molecule has 1 saturated carbocycles. The summed E-state index contributed by atoms with van der Waals surface area (Å²) in [7, 11) is 1.75. The first-order valence-corrected chi connectivity index (χ1v) is 7.55. The summed E-state index contributed by atoms with van der Waals surface area (Å²) in [6.07, 6.45) is 8.57. The summed E-state index contributed by atoms with van der Waals surface area (Å²) >= 11 is 0. The van der Waals surface area contributed by atoms with Gasteiger partial charge in [0.2, 0.25) is 0 Å². The lowest BCUT2D eigenvalue weighted by molar-refractivity contribution is 0.0886. The third-order valence-corrected chi connectivity index (χ3v) is 5.19. The summed E-state index contributed by atoms with van der Waals surface area (Å²) in [5.41, 5.74) is 1.33. The summed E-state index contributed by atoms with van der Waals surface area (Å²) in [5.74, 6) is 0.495. The summed E-state index contributed by atoms with van der Waals surface area (Å²) in [6.45, 7) is 6.56. The average Bonchev–Trinajstić information content (AvgIpc) is 3.25. The molecule has 3 fully saturated rings. The largest absolute Gasteiger partial charge is 0.366 e. The highest BCUT2D eigenvalue weighted by Crippen LogP contribution is 2.61. The van der Waals surface area contributed by atoms with Gasteiger partial charge >= 0.3 is 0 Å². The molecule has 19 heavy (non-hydrogen) atoms. The van der Waals surface area contributed by atoms with Crippen LogP contribution in [0.4, 0.5) is 0 Å². The van der Waals surface area contributed by atoms with Gasteiger partial charge in [0.05, 0.1) is 11.7 Å². The van der Waals surface area contributed by atoms with E-state index in [2.05, 4.69) is 26.8 Å². The maximum absolute atomic E-state index is 6.08. The van der Waals surface area contributed by atoms with Crippen LogP contribution < -0.4 is 0 Å². The average molecular weight is 266 g/mol. The van der Waals surface area contributed by atoms with E-state index in [1.165, 1.54) is 24.8 Å². The highest BCUT2D eigenvalue weighted by molar-refractivity contribution is 5.18. The lowest BCUT2D eigenvalue weighted by Gasteiger charge is -2.32. The van der Waals surface area contributed by atoms with Gasteiger partial charge in [-0.05, 0) is 40.0 Å². The second-order valence-corrected chi connectivity index (χ2v) is 6.75. The van der Waals surface area contributed by atoms with Crippen molar-refractivity contribution >= 4 is 0 Å². The first-order valence-electron chi connectivity index (χ1n) is 7.55. The van der Waals surface area contributed by atoms with Crippen molar-refractivity contribution < 1.29 is 14.2 Å². The molecule has 0 amide bonds. The maximum Gasteiger partial charge on any atom is 0.187 e. The van der Waals surface area contributed by atoms with Gasteiger partial charge in [-0.3, -0.25) is 0 Å². The fourth-order valence-electron chi connectivity index (χ4n) is 3.98. The number of ether oxygens (including phenoxy) is 3. The van der Waals surface area contributed by atoms with Crippen molar-refractivity contribution in [2.75, 3.05) is 7.11 Å². The molecule has 3 nitrogen and oxygen atoms in total. The topological polar surface area (TPSA) is 34.3 Å². The van der Waals surface area contributed by atoms with Crippen LogP contribution in [-0.4, -0.2) is 30.7 Å². The second-order valence-electron chi connectivity index (χ2n) is 6.75. The van der Waals surface area contributed by atoms with E-state index in [1.807, 2.05) is 0 Å². The van der Waals surface area contributed by atoms with Crippen LogP contribution in [0.25, 0.3) is 0 Å². The minimum atomic E-state index is -0.0402. The number of epoxide rings is 2. The molecule has 3 aliphatic rings. The van der Waals surface area contributed by atoms with Crippen LogP contribution in [0, 0.1) is 5.92 Å². The summed E-state index contributed by atoms with van der Waals surface area (Å²) in [6, 6.07) is 0. The molecule has 0 aromatic rings. The van der Waals surface area contributed by atoms with E-state index in [9.17, 15) is 0 Å². The predicted octanol–water partition coefficient (Wildman–Crippen LogP) is 3.43. The molecular weight excluding hydrogens is 240 g/mol. The Labute approximate surface area is 116 Å². The molecular formula is C16H26O3. The molecule has 2 heterocycles. The van der Waals surface area contributed by atoms with Crippen molar-refractivity contribution in [3.05, 3.63) is 11.6 Å². The molecule has 5 unspecified atom stereocenters. The van der Waals surface area contributed by atoms with Crippen LogP contribution in [-0.2, 0) is 14.2 Å². The normalized spacial score (nSPS) is 48.1. The Morgan fingerprint density at radius 3 is 2.74 bits per heavy atom. The molecule has 3 heteroatoms. The summed E-state index contributed by atoms with van der Waals surface area (Å²) in [5, 5.41) is 0. The first-order chi connectivity index (χ1) is 9.03. The maximum atomic E-state index is 6.08. The van der Waals surface area contributed by atoms with E-state index >= 15 is 0 Å². The van der Waals surface area contributed by atoms with Crippen LogP contribution in [0.15, 0.2) is 11.6 Å². The van der Waals surface area contributed by atoms with Crippen molar-refractivity contribution in [3.63, 3.8) is 0 Å². The zero-order valence-corrected chi connectivity index (χ0v) is 12.6. The number of rotatable bonds is 4. The minimum Gasteiger partial charge on any atom is -0.366 e. The number of allylic oxidation sites excluding steroid dienone is 1. The number of hydrogen-bond acceptors (Lipinski definition) is 3. The fourth-order valence-corrected chi connectivity index (χ4v) is 3.98. The van der Waals surface area contributed by atoms with Crippen LogP contribution in [0.3, 0.4) is 0 Å². The van der Waals surface area contributed by atoms with Gasteiger partial charge < -0.3 is 14.2 Å². The SMILES string of the molecule is COC1OC12CCCCC2C1(C)OC1CC=C(C)C. The van der Waals surface area contributed by atoms with Crippen molar-refractivity contribution in [3.8, 4) is 0 Å². The molecule has 5 atom stereocenters. The van der Waals surface area contributed by atoms with E-state index < -0.39 is 0 Å². The molecule has 0 N–H and O–H groups in total. The minimum absolute atomic E-state index is 0.000347. The number of hydrogen-bond donors (Lipinski definition) is 0. The van der Waals surface area contributed by atoms with Gasteiger partial charge in [0.1, 0.15) is 5.60 Å². The zero-order chi connectivity index (χ0) is 13.7. The molecule has 0 radical (unpaired) electrons. The van der Waals surface area contributed by atoms with Crippen molar-refractivity contribution in [2.24, 2.45) is 5.92 Å². The standard InChI is InChI=1S/C16H26O3/c1-11(2)8-9-13-15(3,18-13)12-7-5-6-10-16(12)14(17-4)19-16/h8,12-14H,5-7,9-10H2,1-4H3. The molecule has 2 saturated heterocycles. The van der Waals surface area contributed by atoms with Crippen LogP contribution in [0.2, 0.25) is 0 Å². The lowest BCUT2D eigenvalue weighted by atomic mass is 9.70. The summed E-state index contributed by atoms with van der Waals surface area (Å²) in [4.78, 5) is 0. The molecule has 1 aliphatic carbocycles. The van der Waals surface area contributed by atoms with E-state index in [4.69, 9.17) is 14.2 Å². The Kier molecular flexibility index (Phi) is 3.27. The van der Waals surface area contributed by atoms with Crippen LogP contribution >= 0.6 is 0 Å². The molecule has 1 spiro atoms. The van der Waals surface area contributed by atoms with E-state index in [1.54, 1.807) is 7.11 Å². The van der Waals surface area contributed by atoms with Crippen LogP contribution in [0.1, 0.15) is 52.9 Å². The van der Waals surface area contributed by atoms with Crippen molar-refractivity contribution in [1.29, 1.82) is 0 Å². The zero-order valence-electron chi connectivity index (χ0n) is 12.6. The smallest absolute Gasteiger partial charge is 0.187 e. The van der Waals surface area contributed by atoms with Crippen molar-refractivity contribution in [2.45, 2.75) is 76.5 Å². The monoisotopic (exact) mass is 266 g/mol. The molecule has 108 valence electrons. The Morgan fingerprint density at radius 2 is 2.11 bits per heavy atom. The first kappa shape index (κ1) is 13.6. The van der Waals surface area contributed by atoms with Crippen molar-refractivity contribution in [1.82, 2.24) is 0 Å². The number of methoxy groups -OCH3 is 1. The fraction of sp³-hybridized carbons (Fsp3) is 0.875. The highest BCUT2D eigenvalue weighted by atomic mass is 16.8. The van der Waals surface area contributed by atoms with Gasteiger partial charge in [0.15, 0.2) is 6.29 Å².